The standard InChI is InChI=1S/C10H14O.C3H7.3C2H6.Os/c1-4-9-7-5-6-8(2)10(9)11-3;1-3-2;3*1-2;/h5-7H,4H2,1-3H3;1,3H2,2H3;3*1-2H3;/q;-1;;;;+1. The number of ether oxygens (including phenoxy) is 1. The van der Waals surface area contributed by atoms with Crippen LogP contribution < -0.4 is 4.74 Å². The average Bonchev–Trinajstić information content (AvgIpc) is 2.53. The SMILES string of the molecule is CC.CC.CC.CCc1cccc(C)c1OC.[CH2-]CC.[Os+]. The molecule has 2 heteroatoms. The zero-order chi connectivity index (χ0) is 17.0. The van der Waals surface area contributed by atoms with E-state index in [9.17, 15) is 0 Å². The fraction of sp³-hybridized carbons (Fsp3) is 0.632. The molecule has 0 fully saturated rings. The maximum Gasteiger partial charge on any atom is 1.00 e. The molecular formula is C19H39OOs. The summed E-state index contributed by atoms with van der Waals surface area (Å²) in [6.07, 6.45) is 2.03. The number of aryl methyl sites for hydroxylation is 2. The maximum atomic E-state index is 5.27. The molecule has 0 aliphatic rings. The quantitative estimate of drug-likeness (QED) is 0.426. The van der Waals surface area contributed by atoms with E-state index in [1.807, 2.05) is 48.5 Å². The zero-order valence-corrected chi connectivity index (χ0v) is 18.7. The van der Waals surface area contributed by atoms with E-state index in [4.69, 9.17) is 4.74 Å². The third kappa shape index (κ3) is 19.7. The first kappa shape index (κ1) is 32.6. The number of methoxy groups -OCH3 is 1. The van der Waals surface area contributed by atoms with Gasteiger partial charge in [0.25, 0.3) is 0 Å². The molecule has 1 radical (unpaired) electrons. The van der Waals surface area contributed by atoms with E-state index in [2.05, 4.69) is 39.0 Å². The Labute approximate surface area is 148 Å². The zero-order valence-electron chi connectivity index (χ0n) is 16.1. The van der Waals surface area contributed by atoms with Crippen LogP contribution in [0.1, 0.15) is 72.9 Å². The Morgan fingerprint density at radius 3 is 1.57 bits per heavy atom. The Bertz CT molecular complexity index is 260. The number of benzene rings is 1. The van der Waals surface area contributed by atoms with Crippen molar-refractivity contribution in [3.05, 3.63) is 36.2 Å². The third-order valence-corrected chi connectivity index (χ3v) is 1.88. The van der Waals surface area contributed by atoms with Crippen molar-refractivity contribution in [1.29, 1.82) is 0 Å². The number of hydrogen-bond acceptors (Lipinski definition) is 1. The number of hydrogen-bond donors (Lipinski definition) is 0. The molecule has 0 spiro atoms. The van der Waals surface area contributed by atoms with E-state index < -0.39 is 0 Å². The van der Waals surface area contributed by atoms with Gasteiger partial charge in [0.1, 0.15) is 5.75 Å². The van der Waals surface area contributed by atoms with Crippen molar-refractivity contribution < 1.29 is 24.5 Å². The van der Waals surface area contributed by atoms with Gasteiger partial charge in [0.05, 0.1) is 7.11 Å². The third-order valence-electron chi connectivity index (χ3n) is 1.88. The first-order valence-corrected chi connectivity index (χ1v) is 8.12. The van der Waals surface area contributed by atoms with Crippen molar-refractivity contribution in [2.75, 3.05) is 7.11 Å². The number of rotatable bonds is 2. The smallest absolute Gasteiger partial charge is 0.496 e. The second kappa shape index (κ2) is 31.8. The van der Waals surface area contributed by atoms with Crippen LogP contribution >= 0.6 is 0 Å². The largest absolute Gasteiger partial charge is 1.00 e. The van der Waals surface area contributed by atoms with Crippen molar-refractivity contribution >= 4 is 0 Å². The first-order chi connectivity index (χ1) is 9.71. The summed E-state index contributed by atoms with van der Waals surface area (Å²) in [5, 5.41) is 0. The van der Waals surface area contributed by atoms with Gasteiger partial charge >= 0.3 is 19.8 Å². The Hall–Kier alpha value is -0.344. The van der Waals surface area contributed by atoms with Gasteiger partial charge in [0.15, 0.2) is 0 Å². The van der Waals surface area contributed by atoms with E-state index in [0.29, 0.717) is 0 Å². The van der Waals surface area contributed by atoms with Gasteiger partial charge in [0, 0.05) is 0 Å². The van der Waals surface area contributed by atoms with E-state index >= 15 is 0 Å². The van der Waals surface area contributed by atoms with Crippen molar-refractivity contribution in [3.63, 3.8) is 0 Å². The Morgan fingerprint density at radius 1 is 0.952 bits per heavy atom. The van der Waals surface area contributed by atoms with Crippen molar-refractivity contribution in [1.82, 2.24) is 0 Å². The summed E-state index contributed by atoms with van der Waals surface area (Å²) in [6, 6.07) is 6.24. The molecule has 0 N–H and O–H groups in total. The molecule has 21 heavy (non-hydrogen) atoms. The summed E-state index contributed by atoms with van der Waals surface area (Å²) in [5.41, 5.74) is 2.50. The summed E-state index contributed by atoms with van der Waals surface area (Å²) in [5.74, 6) is 1.04. The monoisotopic (exact) mass is 475 g/mol. The molecule has 1 rings (SSSR count). The van der Waals surface area contributed by atoms with Gasteiger partial charge in [-0.25, -0.2) is 0 Å². The molecule has 1 aromatic rings. The van der Waals surface area contributed by atoms with Gasteiger partial charge in [-0.05, 0) is 24.5 Å². The maximum absolute atomic E-state index is 5.27. The van der Waals surface area contributed by atoms with Crippen LogP contribution in [-0.4, -0.2) is 7.11 Å². The molecule has 129 valence electrons. The van der Waals surface area contributed by atoms with Gasteiger partial charge in [-0.3, -0.25) is 0 Å². The molecule has 0 atom stereocenters. The Balaban J connectivity index is -0.0000000730. The first-order valence-electron chi connectivity index (χ1n) is 8.12. The van der Waals surface area contributed by atoms with E-state index in [-0.39, 0.29) is 19.8 Å². The molecule has 0 aliphatic heterocycles. The van der Waals surface area contributed by atoms with E-state index in [1.165, 1.54) is 11.1 Å². The molecule has 0 aromatic heterocycles. The van der Waals surface area contributed by atoms with Crippen molar-refractivity contribution in [3.8, 4) is 5.75 Å². The summed E-state index contributed by atoms with van der Waals surface area (Å²) in [6.45, 7) is 21.7. The molecule has 0 bridgehead atoms. The molecule has 0 unspecified atom stereocenters. The van der Waals surface area contributed by atoms with E-state index in [1.54, 1.807) is 7.11 Å². The fourth-order valence-corrected chi connectivity index (χ4v) is 1.28. The molecule has 1 nitrogen and oxygen atoms in total. The molecule has 0 saturated heterocycles. The second-order valence-corrected chi connectivity index (χ2v) is 3.12. The second-order valence-electron chi connectivity index (χ2n) is 3.12. The van der Waals surface area contributed by atoms with Gasteiger partial charge in [-0.2, -0.15) is 6.42 Å². The van der Waals surface area contributed by atoms with Crippen LogP contribution in [0, 0.1) is 13.8 Å². The number of para-hydroxylation sites is 1. The average molecular weight is 474 g/mol. The van der Waals surface area contributed by atoms with Gasteiger partial charge < -0.3 is 11.7 Å². The van der Waals surface area contributed by atoms with Crippen LogP contribution in [0.25, 0.3) is 0 Å². The Morgan fingerprint density at radius 2 is 1.33 bits per heavy atom. The predicted molar refractivity (Wildman–Crippen MR) is 96.8 cm³/mol. The fourth-order valence-electron chi connectivity index (χ4n) is 1.28. The topological polar surface area (TPSA) is 9.23 Å². The molecule has 0 aliphatic carbocycles. The van der Waals surface area contributed by atoms with Crippen molar-refractivity contribution in [2.45, 2.75) is 75.2 Å². The minimum Gasteiger partial charge on any atom is -0.496 e. The minimum absolute atomic E-state index is 0. The van der Waals surface area contributed by atoms with Crippen LogP contribution in [0.4, 0.5) is 0 Å². The van der Waals surface area contributed by atoms with E-state index in [0.717, 1.165) is 18.6 Å². The van der Waals surface area contributed by atoms with Crippen LogP contribution in [0.5, 0.6) is 5.75 Å². The predicted octanol–water partition coefficient (Wildman–Crippen LogP) is 6.87. The van der Waals surface area contributed by atoms with Crippen LogP contribution in [0.3, 0.4) is 0 Å². The molecule has 0 amide bonds. The summed E-state index contributed by atoms with van der Waals surface area (Å²) in [4.78, 5) is 0. The molecular weight excluding hydrogens is 434 g/mol. The van der Waals surface area contributed by atoms with Gasteiger partial charge in [0.2, 0.25) is 0 Å². The molecule has 0 saturated carbocycles. The van der Waals surface area contributed by atoms with Gasteiger partial charge in [-0.15, -0.1) is 0 Å². The summed E-state index contributed by atoms with van der Waals surface area (Å²) in [7, 11) is 1.72. The molecule has 1 aromatic carbocycles. The summed E-state index contributed by atoms with van der Waals surface area (Å²) >= 11 is 0. The normalized spacial score (nSPS) is 6.81. The summed E-state index contributed by atoms with van der Waals surface area (Å²) < 4.78 is 5.27. The van der Waals surface area contributed by atoms with Crippen LogP contribution in [-0.2, 0) is 26.2 Å². The Kier molecular flexibility index (Phi) is 49.4. The molecule has 0 heterocycles. The minimum atomic E-state index is 0. The van der Waals surface area contributed by atoms with Crippen molar-refractivity contribution in [2.24, 2.45) is 0 Å². The van der Waals surface area contributed by atoms with Gasteiger partial charge in [-0.1, -0.05) is 73.6 Å². The van der Waals surface area contributed by atoms with Crippen LogP contribution in [0.15, 0.2) is 18.2 Å². The van der Waals surface area contributed by atoms with Crippen LogP contribution in [0.2, 0.25) is 0 Å².